The summed E-state index contributed by atoms with van der Waals surface area (Å²) >= 11 is 15.2. The fourth-order valence-electron chi connectivity index (χ4n) is 3.11. The Morgan fingerprint density at radius 2 is 1.61 bits per heavy atom. The summed E-state index contributed by atoms with van der Waals surface area (Å²) in [5.41, 5.74) is 1.66. The molecule has 1 fully saturated rings. The molecule has 0 unspecified atom stereocenters. The summed E-state index contributed by atoms with van der Waals surface area (Å²) < 4.78 is 6.54. The molecule has 0 radical (unpaired) electrons. The normalized spacial score (nSPS) is 15.1. The van der Waals surface area contributed by atoms with Crippen molar-refractivity contribution in [3.8, 4) is 5.75 Å². The molecule has 1 aliphatic heterocycles. The van der Waals surface area contributed by atoms with Crippen molar-refractivity contribution in [1.29, 1.82) is 0 Å². The Morgan fingerprint density at radius 3 is 2.27 bits per heavy atom. The minimum Gasteiger partial charge on any atom is -0.489 e. The highest BCUT2D eigenvalue weighted by atomic mass is 79.9. The molecule has 0 aromatic heterocycles. The highest BCUT2D eigenvalue weighted by molar-refractivity contribution is 9.10. The lowest BCUT2D eigenvalue weighted by Gasteiger charge is -2.26. The van der Waals surface area contributed by atoms with Gasteiger partial charge >= 0.3 is 6.03 Å². The van der Waals surface area contributed by atoms with Crippen molar-refractivity contribution in [1.82, 2.24) is 5.32 Å². The number of barbiturate groups is 1. The van der Waals surface area contributed by atoms with E-state index in [9.17, 15) is 14.4 Å². The number of carbonyl (C=O) groups excluding carboxylic acids is 3. The van der Waals surface area contributed by atoms with Gasteiger partial charge in [0.25, 0.3) is 11.8 Å². The lowest BCUT2D eigenvalue weighted by molar-refractivity contribution is -0.122. The lowest BCUT2D eigenvalue weighted by Crippen LogP contribution is -2.54. The minimum atomic E-state index is -0.796. The van der Waals surface area contributed by atoms with Crippen LogP contribution in [0.15, 0.2) is 76.8 Å². The lowest BCUT2D eigenvalue weighted by atomic mass is 10.1. The van der Waals surface area contributed by atoms with Crippen LogP contribution >= 0.6 is 39.1 Å². The monoisotopic (exact) mass is 544 g/mol. The zero-order valence-corrected chi connectivity index (χ0v) is 19.9. The van der Waals surface area contributed by atoms with Gasteiger partial charge in [-0.2, -0.15) is 0 Å². The molecule has 0 spiro atoms. The van der Waals surface area contributed by atoms with E-state index in [4.69, 9.17) is 27.9 Å². The number of rotatable bonds is 5. The Labute approximate surface area is 207 Å². The number of amides is 4. The average molecular weight is 546 g/mol. The van der Waals surface area contributed by atoms with E-state index < -0.39 is 17.8 Å². The summed E-state index contributed by atoms with van der Waals surface area (Å²) in [4.78, 5) is 38.5. The first-order chi connectivity index (χ1) is 15.8. The number of nitrogens with zero attached hydrogens (tertiary/aromatic N) is 1. The van der Waals surface area contributed by atoms with Crippen LogP contribution in [0.5, 0.6) is 5.75 Å². The van der Waals surface area contributed by atoms with Gasteiger partial charge < -0.3 is 4.74 Å². The molecule has 33 heavy (non-hydrogen) atoms. The van der Waals surface area contributed by atoms with Crippen LogP contribution in [0.25, 0.3) is 6.08 Å². The van der Waals surface area contributed by atoms with Gasteiger partial charge in [-0.05, 0) is 65.7 Å². The summed E-state index contributed by atoms with van der Waals surface area (Å²) in [5, 5.41) is 3.13. The molecular formula is C24H15BrCl2N2O4. The number of carbonyl (C=O) groups is 3. The summed E-state index contributed by atoms with van der Waals surface area (Å²) in [7, 11) is 0. The maximum Gasteiger partial charge on any atom is 0.335 e. The first kappa shape index (κ1) is 23.0. The van der Waals surface area contributed by atoms with Gasteiger partial charge in [-0.25, -0.2) is 9.69 Å². The number of hydrogen-bond acceptors (Lipinski definition) is 4. The summed E-state index contributed by atoms with van der Waals surface area (Å²) in [6.07, 6.45) is 1.43. The van der Waals surface area contributed by atoms with Crippen molar-refractivity contribution < 1.29 is 19.1 Å². The minimum absolute atomic E-state index is 0.151. The van der Waals surface area contributed by atoms with Crippen LogP contribution in [0.1, 0.15) is 11.1 Å². The molecule has 1 heterocycles. The van der Waals surface area contributed by atoms with E-state index in [0.717, 1.165) is 14.9 Å². The predicted octanol–water partition coefficient (Wildman–Crippen LogP) is 6.00. The number of nitrogens with one attached hydrogen (secondary N) is 1. The van der Waals surface area contributed by atoms with Crippen LogP contribution in [0, 0.1) is 0 Å². The average Bonchev–Trinajstić information content (AvgIpc) is 2.79. The van der Waals surface area contributed by atoms with Gasteiger partial charge in [0.15, 0.2) is 0 Å². The number of urea groups is 1. The van der Waals surface area contributed by atoms with Crippen molar-refractivity contribution in [2.45, 2.75) is 6.61 Å². The SMILES string of the molecule is O=C1NC(=O)N(c2ccc(Br)cc2)C(=O)/C1=C/c1ccc(OCc2ccc(Cl)c(Cl)c2)cc1. The standard InChI is InChI=1S/C24H15BrCl2N2O4/c25-16-4-6-17(7-5-16)29-23(31)19(22(30)28-24(29)32)11-14-1-8-18(9-2-14)33-13-15-3-10-20(26)21(27)12-15/h1-12H,13H2,(H,28,30,32)/b19-11+. The molecule has 1 saturated heterocycles. The maximum absolute atomic E-state index is 12.9. The van der Waals surface area contributed by atoms with Crippen LogP contribution in [-0.2, 0) is 16.2 Å². The second-order valence-corrected chi connectivity index (χ2v) is 8.77. The third-order valence-electron chi connectivity index (χ3n) is 4.77. The molecule has 1 N–H and O–H groups in total. The number of imide groups is 2. The van der Waals surface area contributed by atoms with Crippen LogP contribution in [-0.4, -0.2) is 17.8 Å². The molecule has 1 aliphatic rings. The number of anilines is 1. The van der Waals surface area contributed by atoms with E-state index in [0.29, 0.717) is 33.7 Å². The molecule has 0 saturated carbocycles. The van der Waals surface area contributed by atoms with Gasteiger partial charge in [0.05, 0.1) is 15.7 Å². The van der Waals surface area contributed by atoms with Crippen LogP contribution < -0.4 is 15.0 Å². The molecular weight excluding hydrogens is 531 g/mol. The molecule has 0 atom stereocenters. The fourth-order valence-corrected chi connectivity index (χ4v) is 3.69. The van der Waals surface area contributed by atoms with Gasteiger partial charge in [0.1, 0.15) is 17.9 Å². The molecule has 3 aromatic carbocycles. The summed E-state index contributed by atoms with van der Waals surface area (Å²) in [6, 6.07) is 17.9. The number of halogens is 3. The first-order valence-electron chi connectivity index (χ1n) is 9.65. The predicted molar refractivity (Wildman–Crippen MR) is 130 cm³/mol. The van der Waals surface area contributed by atoms with Crippen LogP contribution in [0.3, 0.4) is 0 Å². The van der Waals surface area contributed by atoms with Crippen LogP contribution in [0.2, 0.25) is 10.0 Å². The highest BCUT2D eigenvalue weighted by Gasteiger charge is 2.36. The Balaban J connectivity index is 1.50. The molecule has 4 rings (SSSR count). The van der Waals surface area contributed by atoms with E-state index in [1.54, 1.807) is 60.7 Å². The smallest absolute Gasteiger partial charge is 0.335 e. The maximum atomic E-state index is 12.9. The molecule has 4 amide bonds. The first-order valence-corrected chi connectivity index (χ1v) is 11.2. The third-order valence-corrected chi connectivity index (χ3v) is 6.03. The van der Waals surface area contributed by atoms with Crippen molar-refractivity contribution in [3.05, 3.63) is 97.9 Å². The van der Waals surface area contributed by atoms with E-state index >= 15 is 0 Å². The quantitative estimate of drug-likeness (QED) is 0.315. The molecule has 6 nitrogen and oxygen atoms in total. The van der Waals surface area contributed by atoms with Crippen molar-refractivity contribution in [2.24, 2.45) is 0 Å². The molecule has 166 valence electrons. The van der Waals surface area contributed by atoms with E-state index in [1.165, 1.54) is 6.08 Å². The highest BCUT2D eigenvalue weighted by Crippen LogP contribution is 2.25. The second kappa shape index (κ2) is 9.79. The molecule has 9 heteroatoms. The summed E-state index contributed by atoms with van der Waals surface area (Å²) in [6.45, 7) is 0.294. The second-order valence-electron chi connectivity index (χ2n) is 7.04. The molecule has 0 aliphatic carbocycles. The number of hydrogen-bond donors (Lipinski definition) is 1. The van der Waals surface area contributed by atoms with Crippen molar-refractivity contribution >= 4 is 68.7 Å². The van der Waals surface area contributed by atoms with Gasteiger partial charge in [0.2, 0.25) is 0 Å². The largest absolute Gasteiger partial charge is 0.489 e. The van der Waals surface area contributed by atoms with E-state index in [2.05, 4.69) is 21.2 Å². The zero-order valence-electron chi connectivity index (χ0n) is 16.8. The Kier molecular flexibility index (Phi) is 6.83. The Morgan fingerprint density at radius 1 is 0.909 bits per heavy atom. The Hall–Kier alpha value is -3.13. The molecule has 0 bridgehead atoms. The fraction of sp³-hybridized carbons (Fsp3) is 0.0417. The third kappa shape index (κ3) is 5.27. The zero-order chi connectivity index (χ0) is 23.5. The topological polar surface area (TPSA) is 75.7 Å². The Bertz CT molecular complexity index is 1270. The van der Waals surface area contributed by atoms with Crippen molar-refractivity contribution in [3.63, 3.8) is 0 Å². The van der Waals surface area contributed by atoms with Gasteiger partial charge in [-0.15, -0.1) is 0 Å². The molecule has 3 aromatic rings. The van der Waals surface area contributed by atoms with Crippen LogP contribution in [0.4, 0.5) is 10.5 Å². The van der Waals surface area contributed by atoms with E-state index in [1.807, 2.05) is 6.07 Å². The van der Waals surface area contributed by atoms with Crippen molar-refractivity contribution in [2.75, 3.05) is 4.90 Å². The van der Waals surface area contributed by atoms with Gasteiger partial charge in [-0.3, -0.25) is 14.9 Å². The number of ether oxygens (including phenoxy) is 1. The van der Waals surface area contributed by atoms with Gasteiger partial charge in [-0.1, -0.05) is 57.3 Å². The van der Waals surface area contributed by atoms with E-state index in [-0.39, 0.29) is 5.57 Å². The number of benzene rings is 3. The summed E-state index contributed by atoms with van der Waals surface area (Å²) in [5.74, 6) is -0.862. The van der Waals surface area contributed by atoms with Gasteiger partial charge in [0, 0.05) is 4.47 Å².